The number of aromatic nitrogens is 1. The molecule has 0 radical (unpaired) electrons. The Labute approximate surface area is 105 Å². The highest BCUT2D eigenvalue weighted by Crippen LogP contribution is 2.30. The van der Waals surface area contributed by atoms with Gasteiger partial charge in [-0.3, -0.25) is 4.79 Å². The largest absolute Gasteiger partial charge is 0.383 e. The third-order valence-corrected chi connectivity index (χ3v) is 3.82. The van der Waals surface area contributed by atoms with Crippen molar-refractivity contribution in [2.45, 2.75) is 12.8 Å². The van der Waals surface area contributed by atoms with E-state index in [1.165, 1.54) is 16.2 Å². The first-order valence-electron chi connectivity index (χ1n) is 5.70. The fraction of sp³-hybridized carbons (Fsp3) is 0.636. The smallest absolute Gasteiger partial charge is 0.280 e. The maximum atomic E-state index is 11.8. The highest BCUT2D eigenvalue weighted by Gasteiger charge is 2.21. The van der Waals surface area contributed by atoms with Crippen LogP contribution in [0.2, 0.25) is 0 Å². The Kier molecular flexibility index (Phi) is 3.96. The zero-order chi connectivity index (χ0) is 12.3. The molecule has 2 heterocycles. The highest BCUT2D eigenvalue weighted by atomic mass is 32.1. The summed E-state index contributed by atoms with van der Waals surface area (Å²) in [6.45, 7) is 2.06. The monoisotopic (exact) mass is 255 g/mol. The molecule has 1 aromatic heterocycles. The third kappa shape index (κ3) is 2.76. The van der Waals surface area contributed by atoms with Crippen LogP contribution >= 0.6 is 11.3 Å². The van der Waals surface area contributed by atoms with E-state index in [0.29, 0.717) is 18.2 Å². The van der Waals surface area contributed by atoms with E-state index in [-0.39, 0.29) is 5.91 Å². The number of aryl methyl sites for hydroxylation is 1. The molecular formula is C11H17N3O2S. The molecule has 0 saturated heterocycles. The number of nitrogens with one attached hydrogen (secondary N) is 1. The van der Waals surface area contributed by atoms with E-state index in [2.05, 4.69) is 15.2 Å². The van der Waals surface area contributed by atoms with E-state index >= 15 is 0 Å². The summed E-state index contributed by atoms with van der Waals surface area (Å²) in [5, 5.41) is 3.34. The first-order chi connectivity index (χ1) is 8.22. The molecule has 2 rings (SSSR count). The topological polar surface area (TPSA) is 54.5 Å². The Balaban J connectivity index is 2.04. The number of amides is 1. The SMILES string of the molecule is COCCNC(=O)c1nc2c(s1)CCCN2C. The van der Waals surface area contributed by atoms with Crippen LogP contribution in [-0.2, 0) is 11.2 Å². The molecule has 0 bridgehead atoms. The summed E-state index contributed by atoms with van der Waals surface area (Å²) in [5.41, 5.74) is 0. The van der Waals surface area contributed by atoms with E-state index in [1.807, 2.05) is 7.05 Å². The second kappa shape index (κ2) is 5.46. The number of carbonyl (C=O) groups excluding carboxylic acids is 1. The molecule has 0 aromatic carbocycles. The zero-order valence-corrected chi connectivity index (χ0v) is 11.0. The number of rotatable bonds is 4. The summed E-state index contributed by atoms with van der Waals surface area (Å²) < 4.78 is 4.89. The molecule has 0 unspecified atom stereocenters. The summed E-state index contributed by atoms with van der Waals surface area (Å²) in [7, 11) is 3.63. The van der Waals surface area contributed by atoms with Gasteiger partial charge < -0.3 is 15.0 Å². The van der Waals surface area contributed by atoms with Gasteiger partial charge in [0.1, 0.15) is 5.82 Å². The molecule has 0 spiro atoms. The molecule has 5 nitrogen and oxygen atoms in total. The van der Waals surface area contributed by atoms with Crippen molar-refractivity contribution in [1.29, 1.82) is 0 Å². The van der Waals surface area contributed by atoms with Crippen LogP contribution < -0.4 is 10.2 Å². The molecule has 1 amide bonds. The van der Waals surface area contributed by atoms with Crippen LogP contribution in [0.15, 0.2) is 0 Å². The van der Waals surface area contributed by atoms with Gasteiger partial charge in [0.2, 0.25) is 0 Å². The molecule has 1 aliphatic rings. The van der Waals surface area contributed by atoms with Crippen molar-refractivity contribution in [2.24, 2.45) is 0 Å². The predicted molar refractivity (Wildman–Crippen MR) is 67.9 cm³/mol. The normalized spacial score (nSPS) is 14.6. The summed E-state index contributed by atoms with van der Waals surface area (Å²) in [5.74, 6) is 0.869. The van der Waals surface area contributed by atoms with E-state index < -0.39 is 0 Å². The van der Waals surface area contributed by atoms with Crippen LogP contribution in [0.1, 0.15) is 21.1 Å². The van der Waals surface area contributed by atoms with Crippen molar-refractivity contribution >= 4 is 23.1 Å². The maximum Gasteiger partial charge on any atom is 0.280 e. The second-order valence-corrected chi connectivity index (χ2v) is 5.12. The number of nitrogens with zero attached hydrogens (tertiary/aromatic N) is 2. The molecule has 94 valence electrons. The number of hydrogen-bond donors (Lipinski definition) is 1. The number of ether oxygens (including phenoxy) is 1. The molecule has 1 N–H and O–H groups in total. The van der Waals surface area contributed by atoms with Gasteiger partial charge in [-0.2, -0.15) is 0 Å². The minimum atomic E-state index is -0.102. The van der Waals surface area contributed by atoms with Gasteiger partial charge in [-0.15, -0.1) is 11.3 Å². The lowest BCUT2D eigenvalue weighted by Gasteiger charge is -2.22. The minimum Gasteiger partial charge on any atom is -0.383 e. The molecule has 1 aromatic rings. The molecule has 0 fully saturated rings. The van der Waals surface area contributed by atoms with Crippen LogP contribution in [0.4, 0.5) is 5.82 Å². The molecule has 0 atom stereocenters. The maximum absolute atomic E-state index is 11.8. The summed E-state index contributed by atoms with van der Waals surface area (Å²) in [4.78, 5) is 19.5. The summed E-state index contributed by atoms with van der Waals surface area (Å²) >= 11 is 1.50. The summed E-state index contributed by atoms with van der Waals surface area (Å²) in [6, 6.07) is 0. The van der Waals surface area contributed by atoms with Crippen LogP contribution in [0.25, 0.3) is 0 Å². The fourth-order valence-corrected chi connectivity index (χ4v) is 2.90. The zero-order valence-electron chi connectivity index (χ0n) is 10.2. The van der Waals surface area contributed by atoms with Crippen molar-refractivity contribution in [3.8, 4) is 0 Å². The Morgan fingerprint density at radius 1 is 1.65 bits per heavy atom. The Morgan fingerprint density at radius 2 is 2.47 bits per heavy atom. The van der Waals surface area contributed by atoms with Crippen molar-refractivity contribution < 1.29 is 9.53 Å². The number of fused-ring (bicyclic) bond motifs is 1. The third-order valence-electron chi connectivity index (χ3n) is 2.72. The lowest BCUT2D eigenvalue weighted by Crippen LogP contribution is -2.27. The van der Waals surface area contributed by atoms with Crippen LogP contribution in [0, 0.1) is 0 Å². The van der Waals surface area contributed by atoms with Gasteiger partial charge in [0.25, 0.3) is 5.91 Å². The average molecular weight is 255 g/mol. The molecule has 17 heavy (non-hydrogen) atoms. The number of thiazole rings is 1. The van der Waals surface area contributed by atoms with Crippen molar-refractivity contribution in [2.75, 3.05) is 38.8 Å². The molecular weight excluding hydrogens is 238 g/mol. The van der Waals surface area contributed by atoms with E-state index in [0.717, 1.165) is 25.2 Å². The van der Waals surface area contributed by atoms with Gasteiger partial charge in [0.05, 0.1) is 6.61 Å². The Hall–Kier alpha value is -1.14. The van der Waals surface area contributed by atoms with Crippen LogP contribution in [-0.4, -0.2) is 44.7 Å². The standard InChI is InChI=1S/C11H17N3O2S/c1-14-6-3-4-8-9(14)13-11(17-8)10(15)12-5-7-16-2/h3-7H2,1-2H3,(H,12,15). The van der Waals surface area contributed by atoms with Gasteiger partial charge in [-0.25, -0.2) is 4.98 Å². The lowest BCUT2D eigenvalue weighted by atomic mass is 10.2. The number of hydrogen-bond acceptors (Lipinski definition) is 5. The van der Waals surface area contributed by atoms with Crippen molar-refractivity contribution in [1.82, 2.24) is 10.3 Å². The number of methoxy groups -OCH3 is 1. The van der Waals surface area contributed by atoms with Gasteiger partial charge in [-0.05, 0) is 12.8 Å². The van der Waals surface area contributed by atoms with Crippen molar-refractivity contribution in [3.05, 3.63) is 9.88 Å². The lowest BCUT2D eigenvalue weighted by molar-refractivity contribution is 0.0937. The van der Waals surface area contributed by atoms with Crippen LogP contribution in [0.5, 0.6) is 0 Å². The fourth-order valence-electron chi connectivity index (χ4n) is 1.83. The Morgan fingerprint density at radius 3 is 3.18 bits per heavy atom. The predicted octanol–water partition coefficient (Wildman–Crippen LogP) is 0.902. The van der Waals surface area contributed by atoms with Gasteiger partial charge in [0, 0.05) is 32.1 Å². The molecule has 0 aliphatic carbocycles. The first-order valence-corrected chi connectivity index (χ1v) is 6.52. The van der Waals surface area contributed by atoms with Crippen molar-refractivity contribution in [3.63, 3.8) is 0 Å². The Bertz CT molecular complexity index is 405. The van der Waals surface area contributed by atoms with Crippen LogP contribution in [0.3, 0.4) is 0 Å². The van der Waals surface area contributed by atoms with Gasteiger partial charge in [-0.1, -0.05) is 0 Å². The first kappa shape index (κ1) is 12.3. The highest BCUT2D eigenvalue weighted by molar-refractivity contribution is 7.14. The average Bonchev–Trinajstić information content (AvgIpc) is 2.75. The van der Waals surface area contributed by atoms with E-state index in [9.17, 15) is 4.79 Å². The molecule has 6 heteroatoms. The molecule has 1 aliphatic heterocycles. The van der Waals surface area contributed by atoms with E-state index in [4.69, 9.17) is 4.74 Å². The number of carbonyl (C=O) groups is 1. The summed E-state index contributed by atoms with van der Waals surface area (Å²) in [6.07, 6.45) is 2.17. The number of anilines is 1. The van der Waals surface area contributed by atoms with Gasteiger partial charge >= 0.3 is 0 Å². The second-order valence-electron chi connectivity index (χ2n) is 4.04. The van der Waals surface area contributed by atoms with E-state index in [1.54, 1.807) is 7.11 Å². The van der Waals surface area contributed by atoms with Gasteiger partial charge in [0.15, 0.2) is 5.01 Å². The molecule has 0 saturated carbocycles. The quantitative estimate of drug-likeness (QED) is 0.812. The minimum absolute atomic E-state index is 0.102.